The summed E-state index contributed by atoms with van der Waals surface area (Å²) in [6.07, 6.45) is 8.45. The van der Waals surface area contributed by atoms with Crippen LogP contribution in [0, 0.1) is 0 Å². The van der Waals surface area contributed by atoms with Crippen molar-refractivity contribution >= 4 is 54.8 Å². The molecule has 2 nitrogen and oxygen atoms in total. The Bertz CT molecular complexity index is 823. The molecule has 1 aromatic carbocycles. The molecule has 1 aliphatic rings. The van der Waals surface area contributed by atoms with Gasteiger partial charge in [0.05, 0.1) is 18.7 Å². The molecule has 1 aromatic heterocycles. The van der Waals surface area contributed by atoms with Crippen LogP contribution in [0.4, 0.5) is 0 Å². The van der Waals surface area contributed by atoms with Crippen molar-refractivity contribution in [2.45, 2.75) is 51.9 Å². The van der Waals surface area contributed by atoms with Crippen molar-refractivity contribution in [1.82, 2.24) is 0 Å². The Morgan fingerprint density at radius 1 is 0.840 bits per heavy atom. The standard InChI is InChI=1S/C20H20Br2O2S/c1-2-3-4-5-6-7-8-12-9-10-13-14(11-12)18(24)16-15(17(13)23)19(21)25-20(16)22/h9-11H,2-8H2,1H3. The number of thiophene rings is 1. The normalized spacial score (nSPS) is 13.1. The number of rotatable bonds is 7. The van der Waals surface area contributed by atoms with Crippen molar-refractivity contribution in [2.24, 2.45) is 0 Å². The van der Waals surface area contributed by atoms with E-state index in [2.05, 4.69) is 38.8 Å². The van der Waals surface area contributed by atoms with Gasteiger partial charge in [-0.2, -0.15) is 0 Å². The van der Waals surface area contributed by atoms with E-state index in [0.29, 0.717) is 22.3 Å². The summed E-state index contributed by atoms with van der Waals surface area (Å²) in [5, 5.41) is 0. The third-order valence-electron chi connectivity index (χ3n) is 4.67. The van der Waals surface area contributed by atoms with Crippen molar-refractivity contribution in [1.29, 1.82) is 0 Å². The summed E-state index contributed by atoms with van der Waals surface area (Å²) in [7, 11) is 0. The number of hydrogen-bond acceptors (Lipinski definition) is 3. The molecule has 2 aromatic rings. The Hall–Kier alpha value is -0.780. The van der Waals surface area contributed by atoms with Crippen molar-refractivity contribution < 1.29 is 9.59 Å². The lowest BCUT2D eigenvalue weighted by Crippen LogP contribution is -2.20. The zero-order chi connectivity index (χ0) is 18.0. The maximum absolute atomic E-state index is 12.9. The number of hydrogen-bond donors (Lipinski definition) is 0. The van der Waals surface area contributed by atoms with E-state index in [0.717, 1.165) is 26.0 Å². The molecule has 0 saturated heterocycles. The SMILES string of the molecule is CCCCCCCCc1ccc2c(c1)C(=O)c1c(Br)sc(Br)c1C2=O. The first kappa shape index (κ1) is 19.0. The first-order valence-electron chi connectivity index (χ1n) is 8.74. The van der Waals surface area contributed by atoms with Gasteiger partial charge in [-0.1, -0.05) is 51.2 Å². The minimum Gasteiger partial charge on any atom is -0.288 e. The maximum Gasteiger partial charge on any atom is 0.196 e. The first-order chi connectivity index (χ1) is 12.0. The second kappa shape index (κ2) is 8.28. The molecule has 1 aliphatic carbocycles. The Morgan fingerprint density at radius 3 is 2.12 bits per heavy atom. The first-order valence-corrected chi connectivity index (χ1v) is 11.1. The van der Waals surface area contributed by atoms with Crippen LogP contribution >= 0.6 is 43.2 Å². The molecular formula is C20H20Br2O2S. The Kier molecular flexibility index (Phi) is 6.29. The highest BCUT2D eigenvalue weighted by molar-refractivity contribution is 9.12. The van der Waals surface area contributed by atoms with Gasteiger partial charge in [-0.3, -0.25) is 9.59 Å². The van der Waals surface area contributed by atoms with Gasteiger partial charge in [0.25, 0.3) is 0 Å². The van der Waals surface area contributed by atoms with Crippen LogP contribution in [0.5, 0.6) is 0 Å². The summed E-state index contributed by atoms with van der Waals surface area (Å²) in [5.74, 6) is -0.118. The van der Waals surface area contributed by atoms with Gasteiger partial charge in [0.2, 0.25) is 0 Å². The number of carbonyl (C=O) groups is 2. The van der Waals surface area contributed by atoms with Gasteiger partial charge in [-0.15, -0.1) is 11.3 Å². The van der Waals surface area contributed by atoms with E-state index in [4.69, 9.17) is 0 Å². The molecule has 0 fully saturated rings. The van der Waals surface area contributed by atoms with Crippen LogP contribution in [0.1, 0.15) is 82.9 Å². The van der Waals surface area contributed by atoms with Gasteiger partial charge in [0.1, 0.15) is 0 Å². The number of carbonyl (C=O) groups excluding carboxylic acids is 2. The number of ketones is 2. The van der Waals surface area contributed by atoms with Crippen LogP contribution in [-0.2, 0) is 6.42 Å². The highest BCUT2D eigenvalue weighted by atomic mass is 79.9. The quantitative estimate of drug-likeness (QED) is 0.340. The summed E-state index contributed by atoms with van der Waals surface area (Å²) in [6, 6.07) is 5.74. The minimum absolute atomic E-state index is 0.0526. The average Bonchev–Trinajstić information content (AvgIpc) is 2.90. The zero-order valence-corrected chi connectivity index (χ0v) is 18.2. The number of aryl methyl sites for hydroxylation is 1. The van der Waals surface area contributed by atoms with Gasteiger partial charge >= 0.3 is 0 Å². The van der Waals surface area contributed by atoms with E-state index in [9.17, 15) is 9.59 Å². The number of benzene rings is 1. The molecule has 0 aliphatic heterocycles. The molecule has 0 spiro atoms. The van der Waals surface area contributed by atoms with Gasteiger partial charge in [0, 0.05) is 11.1 Å². The number of fused-ring (bicyclic) bond motifs is 2. The van der Waals surface area contributed by atoms with Crippen molar-refractivity contribution in [2.75, 3.05) is 0 Å². The van der Waals surface area contributed by atoms with E-state index >= 15 is 0 Å². The van der Waals surface area contributed by atoms with Crippen LogP contribution in [0.25, 0.3) is 0 Å². The third kappa shape index (κ3) is 3.83. The fourth-order valence-electron chi connectivity index (χ4n) is 3.29. The largest absolute Gasteiger partial charge is 0.288 e. The van der Waals surface area contributed by atoms with Crippen LogP contribution < -0.4 is 0 Å². The molecule has 0 bridgehead atoms. The number of halogens is 2. The summed E-state index contributed by atoms with van der Waals surface area (Å²) < 4.78 is 1.44. The molecule has 1 heterocycles. The lowest BCUT2D eigenvalue weighted by atomic mass is 9.85. The lowest BCUT2D eigenvalue weighted by Gasteiger charge is -2.16. The van der Waals surface area contributed by atoms with Crippen LogP contribution in [0.15, 0.2) is 25.8 Å². The van der Waals surface area contributed by atoms with Crippen molar-refractivity contribution in [3.05, 3.63) is 53.6 Å². The summed E-state index contributed by atoms with van der Waals surface area (Å²) in [4.78, 5) is 25.7. The zero-order valence-electron chi connectivity index (χ0n) is 14.2. The van der Waals surface area contributed by atoms with E-state index in [1.807, 2.05) is 18.2 Å². The molecule has 3 rings (SSSR count). The Morgan fingerprint density at radius 2 is 1.44 bits per heavy atom. The molecule has 132 valence electrons. The van der Waals surface area contributed by atoms with E-state index in [-0.39, 0.29) is 11.6 Å². The van der Waals surface area contributed by atoms with Gasteiger partial charge in [0.15, 0.2) is 11.6 Å². The molecule has 0 N–H and O–H groups in total. The molecule has 0 saturated carbocycles. The Labute approximate surface area is 169 Å². The van der Waals surface area contributed by atoms with Gasteiger partial charge in [-0.25, -0.2) is 0 Å². The minimum atomic E-state index is -0.0652. The molecule has 5 heteroatoms. The van der Waals surface area contributed by atoms with Crippen LogP contribution in [0.2, 0.25) is 0 Å². The fraction of sp³-hybridized carbons (Fsp3) is 0.400. The van der Waals surface area contributed by atoms with E-state index < -0.39 is 0 Å². The van der Waals surface area contributed by atoms with Crippen LogP contribution in [-0.4, -0.2) is 11.6 Å². The topological polar surface area (TPSA) is 34.1 Å². The van der Waals surface area contributed by atoms with Gasteiger partial charge < -0.3 is 0 Å². The lowest BCUT2D eigenvalue weighted by molar-refractivity contribution is 0.0979. The highest BCUT2D eigenvalue weighted by Gasteiger charge is 2.35. The predicted molar refractivity (Wildman–Crippen MR) is 110 cm³/mol. The monoisotopic (exact) mass is 482 g/mol. The summed E-state index contributed by atoms with van der Waals surface area (Å²) in [6.45, 7) is 2.22. The molecule has 0 unspecified atom stereocenters. The van der Waals surface area contributed by atoms with Crippen molar-refractivity contribution in [3.8, 4) is 0 Å². The molecule has 0 amide bonds. The fourth-order valence-corrected chi connectivity index (χ4v) is 6.42. The molecule has 25 heavy (non-hydrogen) atoms. The second-order valence-corrected chi connectivity index (χ2v) is 10.1. The van der Waals surface area contributed by atoms with Gasteiger partial charge in [-0.05, 0) is 56.3 Å². The summed E-state index contributed by atoms with van der Waals surface area (Å²) >= 11 is 8.22. The summed E-state index contributed by atoms with van der Waals surface area (Å²) in [5.41, 5.74) is 3.22. The smallest absolute Gasteiger partial charge is 0.196 e. The average molecular weight is 484 g/mol. The van der Waals surface area contributed by atoms with E-state index in [1.54, 1.807) is 0 Å². The van der Waals surface area contributed by atoms with E-state index in [1.165, 1.54) is 43.4 Å². The molecule has 0 radical (unpaired) electrons. The third-order valence-corrected chi connectivity index (χ3v) is 7.20. The Balaban J connectivity index is 1.77. The second-order valence-electron chi connectivity index (χ2n) is 6.46. The molecule has 0 atom stereocenters. The number of unbranched alkanes of at least 4 members (excludes halogenated alkanes) is 5. The maximum atomic E-state index is 12.9. The highest BCUT2D eigenvalue weighted by Crippen LogP contribution is 2.42. The predicted octanol–water partition coefficient (Wildman–Crippen LogP) is 6.95. The van der Waals surface area contributed by atoms with Crippen LogP contribution in [0.3, 0.4) is 0 Å². The molecular weight excluding hydrogens is 464 g/mol. The van der Waals surface area contributed by atoms with Crippen molar-refractivity contribution in [3.63, 3.8) is 0 Å².